The smallest absolute Gasteiger partial charge is 0.201 e. The van der Waals surface area contributed by atoms with Crippen molar-refractivity contribution in [2.24, 2.45) is 0 Å². The SMILES string of the molecule is COc1ccc([C@@H](c2ccc(O)c(O)c2)C(Cl)(Cl)Cl)cc1. The molecule has 0 aliphatic rings. The van der Waals surface area contributed by atoms with Crippen molar-refractivity contribution in [2.75, 3.05) is 7.11 Å². The van der Waals surface area contributed by atoms with Gasteiger partial charge in [-0.05, 0) is 35.4 Å². The first-order valence-corrected chi connectivity index (χ1v) is 7.19. The molecule has 112 valence electrons. The Hall–Kier alpha value is -1.29. The van der Waals surface area contributed by atoms with Crippen molar-refractivity contribution in [2.45, 2.75) is 9.71 Å². The molecular formula is C15H13Cl3O3. The highest BCUT2D eigenvalue weighted by Crippen LogP contribution is 2.47. The standard InChI is InChI=1S/C15H13Cl3O3/c1-21-11-5-2-9(3-6-11)14(15(16,17)18)10-4-7-12(19)13(20)8-10/h2-8,14,19-20H,1H3/t14-/m0/s1. The summed E-state index contributed by atoms with van der Waals surface area (Å²) in [6, 6.07) is 11.4. The summed E-state index contributed by atoms with van der Waals surface area (Å²) in [7, 11) is 1.57. The van der Waals surface area contributed by atoms with E-state index in [1.807, 2.05) is 0 Å². The van der Waals surface area contributed by atoms with E-state index < -0.39 is 9.71 Å². The van der Waals surface area contributed by atoms with Crippen molar-refractivity contribution in [3.8, 4) is 17.2 Å². The zero-order chi connectivity index (χ0) is 15.6. The van der Waals surface area contributed by atoms with Crippen molar-refractivity contribution in [3.05, 3.63) is 53.6 Å². The first kappa shape index (κ1) is 16.1. The zero-order valence-corrected chi connectivity index (χ0v) is 13.3. The lowest BCUT2D eigenvalue weighted by Crippen LogP contribution is -2.18. The lowest BCUT2D eigenvalue weighted by molar-refractivity contribution is 0.403. The lowest BCUT2D eigenvalue weighted by atomic mass is 9.92. The van der Waals surface area contributed by atoms with Gasteiger partial charge in [-0.15, -0.1) is 0 Å². The summed E-state index contributed by atoms with van der Waals surface area (Å²) in [4.78, 5) is 0. The molecule has 0 amide bonds. The van der Waals surface area contributed by atoms with Gasteiger partial charge in [0, 0.05) is 0 Å². The number of aromatic hydroxyl groups is 2. The van der Waals surface area contributed by atoms with E-state index in [2.05, 4.69) is 0 Å². The van der Waals surface area contributed by atoms with Gasteiger partial charge in [0.05, 0.1) is 13.0 Å². The fourth-order valence-corrected chi connectivity index (χ4v) is 2.84. The Bertz CT molecular complexity index is 621. The molecule has 0 aliphatic carbocycles. The molecule has 3 nitrogen and oxygen atoms in total. The molecule has 0 saturated carbocycles. The molecular weight excluding hydrogens is 335 g/mol. The minimum Gasteiger partial charge on any atom is -0.504 e. The Morgan fingerprint density at radius 3 is 1.95 bits per heavy atom. The van der Waals surface area contributed by atoms with Crippen LogP contribution in [-0.4, -0.2) is 21.1 Å². The number of phenolic OH excluding ortho intramolecular Hbond substituents is 2. The van der Waals surface area contributed by atoms with E-state index in [-0.39, 0.29) is 11.5 Å². The molecule has 0 heterocycles. The maximum Gasteiger partial charge on any atom is 0.201 e. The largest absolute Gasteiger partial charge is 0.504 e. The molecule has 0 fully saturated rings. The third-order valence-corrected chi connectivity index (χ3v) is 3.76. The van der Waals surface area contributed by atoms with Crippen molar-refractivity contribution in [1.29, 1.82) is 0 Å². The van der Waals surface area contributed by atoms with E-state index in [1.165, 1.54) is 12.1 Å². The van der Waals surface area contributed by atoms with Gasteiger partial charge < -0.3 is 14.9 Å². The first-order valence-electron chi connectivity index (χ1n) is 6.05. The average molecular weight is 348 g/mol. The lowest BCUT2D eigenvalue weighted by Gasteiger charge is -2.25. The van der Waals surface area contributed by atoms with Crippen molar-refractivity contribution in [1.82, 2.24) is 0 Å². The van der Waals surface area contributed by atoms with E-state index in [4.69, 9.17) is 39.5 Å². The average Bonchev–Trinajstić information content (AvgIpc) is 2.42. The summed E-state index contributed by atoms with van der Waals surface area (Å²) in [6.07, 6.45) is 0. The summed E-state index contributed by atoms with van der Waals surface area (Å²) in [6.45, 7) is 0. The van der Waals surface area contributed by atoms with E-state index in [9.17, 15) is 10.2 Å². The molecule has 0 saturated heterocycles. The Morgan fingerprint density at radius 1 is 0.905 bits per heavy atom. The van der Waals surface area contributed by atoms with E-state index in [1.54, 1.807) is 37.4 Å². The second kappa shape index (κ2) is 6.22. The fraction of sp³-hybridized carbons (Fsp3) is 0.200. The molecule has 2 aromatic rings. The van der Waals surface area contributed by atoms with Gasteiger partial charge >= 0.3 is 0 Å². The molecule has 2 aromatic carbocycles. The number of benzene rings is 2. The molecule has 2 rings (SSSR count). The number of hydrogen-bond acceptors (Lipinski definition) is 3. The molecule has 21 heavy (non-hydrogen) atoms. The van der Waals surface area contributed by atoms with Gasteiger partial charge in [0.2, 0.25) is 3.79 Å². The van der Waals surface area contributed by atoms with Crippen LogP contribution in [0.25, 0.3) is 0 Å². The predicted octanol–water partition coefficient (Wildman–Crippen LogP) is 4.61. The van der Waals surface area contributed by atoms with Crippen LogP contribution in [0, 0.1) is 0 Å². The van der Waals surface area contributed by atoms with Gasteiger partial charge in [0.25, 0.3) is 0 Å². The van der Waals surface area contributed by atoms with Crippen LogP contribution in [0.5, 0.6) is 17.2 Å². The quantitative estimate of drug-likeness (QED) is 0.630. The number of ether oxygens (including phenoxy) is 1. The molecule has 0 aliphatic heterocycles. The number of alkyl halides is 3. The topological polar surface area (TPSA) is 49.7 Å². The van der Waals surface area contributed by atoms with Gasteiger partial charge in [0.1, 0.15) is 5.75 Å². The highest BCUT2D eigenvalue weighted by atomic mass is 35.6. The summed E-state index contributed by atoms with van der Waals surface area (Å²) in [5.41, 5.74) is 1.33. The van der Waals surface area contributed by atoms with Gasteiger partial charge in [-0.1, -0.05) is 53.0 Å². The molecule has 0 radical (unpaired) electrons. The summed E-state index contributed by atoms with van der Waals surface area (Å²) in [5, 5.41) is 19.0. The number of phenols is 2. The highest BCUT2D eigenvalue weighted by molar-refractivity contribution is 6.68. The van der Waals surface area contributed by atoms with Crippen LogP contribution in [0.4, 0.5) is 0 Å². The summed E-state index contributed by atoms with van der Waals surface area (Å²) >= 11 is 18.3. The highest BCUT2D eigenvalue weighted by Gasteiger charge is 2.35. The van der Waals surface area contributed by atoms with Crippen molar-refractivity contribution >= 4 is 34.8 Å². The molecule has 0 unspecified atom stereocenters. The second-order valence-corrected chi connectivity index (χ2v) is 6.86. The monoisotopic (exact) mass is 346 g/mol. The Kier molecular flexibility index (Phi) is 4.77. The van der Waals surface area contributed by atoms with E-state index in [0.717, 1.165) is 5.56 Å². The third kappa shape index (κ3) is 3.67. The van der Waals surface area contributed by atoms with E-state index >= 15 is 0 Å². The van der Waals surface area contributed by atoms with Gasteiger partial charge in [-0.3, -0.25) is 0 Å². The minimum absolute atomic E-state index is 0.225. The van der Waals surface area contributed by atoms with Gasteiger partial charge in [-0.25, -0.2) is 0 Å². The molecule has 0 spiro atoms. The maximum absolute atomic E-state index is 9.64. The second-order valence-electron chi connectivity index (χ2n) is 4.50. The van der Waals surface area contributed by atoms with Crippen LogP contribution in [0.2, 0.25) is 0 Å². The van der Waals surface area contributed by atoms with Crippen LogP contribution in [-0.2, 0) is 0 Å². The normalized spacial score (nSPS) is 13.0. The van der Waals surface area contributed by atoms with Crippen molar-refractivity contribution in [3.63, 3.8) is 0 Å². The van der Waals surface area contributed by atoms with Crippen LogP contribution >= 0.6 is 34.8 Å². The Morgan fingerprint density at radius 2 is 1.48 bits per heavy atom. The molecule has 0 bridgehead atoms. The Labute approximate surface area is 137 Å². The molecule has 0 aromatic heterocycles. The van der Waals surface area contributed by atoms with Crippen LogP contribution in [0.3, 0.4) is 0 Å². The van der Waals surface area contributed by atoms with Crippen LogP contribution in [0.15, 0.2) is 42.5 Å². The number of methoxy groups -OCH3 is 1. The molecule has 6 heteroatoms. The van der Waals surface area contributed by atoms with Gasteiger partial charge in [0.15, 0.2) is 11.5 Å². The maximum atomic E-state index is 9.64. The minimum atomic E-state index is -1.61. The molecule has 1 atom stereocenters. The predicted molar refractivity (Wildman–Crippen MR) is 84.9 cm³/mol. The van der Waals surface area contributed by atoms with Crippen LogP contribution < -0.4 is 4.74 Å². The summed E-state index contributed by atoms with van der Waals surface area (Å²) in [5.74, 6) is -0.396. The zero-order valence-electron chi connectivity index (χ0n) is 11.1. The third-order valence-electron chi connectivity index (χ3n) is 3.11. The fourth-order valence-electron chi connectivity index (χ4n) is 2.09. The number of halogens is 3. The number of rotatable bonds is 3. The molecule has 2 N–H and O–H groups in total. The number of hydrogen-bond donors (Lipinski definition) is 2. The van der Waals surface area contributed by atoms with Crippen LogP contribution in [0.1, 0.15) is 17.0 Å². The summed E-state index contributed by atoms with van der Waals surface area (Å²) < 4.78 is 3.49. The van der Waals surface area contributed by atoms with Gasteiger partial charge in [-0.2, -0.15) is 0 Å². The van der Waals surface area contributed by atoms with Crippen molar-refractivity contribution < 1.29 is 14.9 Å². The first-order chi connectivity index (χ1) is 9.82. The Balaban J connectivity index is 2.49. The van der Waals surface area contributed by atoms with E-state index in [0.29, 0.717) is 11.3 Å².